The second-order valence-electron chi connectivity index (χ2n) is 3.02. The maximum atomic E-state index is 10.6. The lowest BCUT2D eigenvalue weighted by molar-refractivity contribution is -0.389. The van der Waals surface area contributed by atoms with Crippen molar-refractivity contribution in [3.8, 4) is 0 Å². The Morgan fingerprint density at radius 2 is 2.06 bits per heavy atom. The number of nitrogens with zero attached hydrogens (tertiary/aromatic N) is 2. The van der Waals surface area contributed by atoms with E-state index in [4.69, 9.17) is 5.11 Å². The van der Waals surface area contributed by atoms with Gasteiger partial charge in [0.2, 0.25) is 0 Å². The van der Waals surface area contributed by atoms with Gasteiger partial charge >= 0.3 is 16.7 Å². The molecular weight excluding hydrogens is 254 g/mol. The first-order valence-corrected chi connectivity index (χ1v) is 5.06. The fraction of sp³-hybridized carbons (Fsp3) is 0.286. The maximum Gasteiger partial charge on any atom is 0.333 e. The number of hydrogen-bond acceptors (Lipinski definition) is 7. The number of carboxylic acid groups (broad SMARTS) is 1. The smallest absolute Gasteiger partial charge is 0.333 e. The van der Waals surface area contributed by atoms with E-state index in [1.807, 2.05) is 0 Å². The number of nitro groups is 2. The number of carboxylic acids is 1. The predicted octanol–water partition coefficient (Wildman–Crippen LogP) is 1.45. The van der Waals surface area contributed by atoms with Crippen LogP contribution in [0, 0.1) is 20.2 Å². The highest BCUT2D eigenvalue weighted by atomic mass is 32.1. The number of anilines is 1. The van der Waals surface area contributed by atoms with Crippen LogP contribution in [-0.4, -0.2) is 27.0 Å². The highest BCUT2D eigenvalue weighted by Gasteiger charge is 2.27. The predicted molar refractivity (Wildman–Crippen MR) is 58.3 cm³/mol. The van der Waals surface area contributed by atoms with E-state index in [9.17, 15) is 25.0 Å². The molecule has 92 valence electrons. The average Bonchev–Trinajstić information content (AvgIpc) is 2.61. The fourth-order valence-electron chi connectivity index (χ4n) is 0.956. The summed E-state index contributed by atoms with van der Waals surface area (Å²) < 4.78 is 0. The molecule has 0 fully saturated rings. The first kappa shape index (κ1) is 12.8. The van der Waals surface area contributed by atoms with Crippen molar-refractivity contribution >= 4 is 33.0 Å². The van der Waals surface area contributed by atoms with Crippen LogP contribution in [0.15, 0.2) is 6.07 Å². The van der Waals surface area contributed by atoms with Crippen LogP contribution in [0.25, 0.3) is 0 Å². The Morgan fingerprint density at radius 3 is 2.47 bits per heavy atom. The molecule has 0 aliphatic rings. The third-order valence-corrected chi connectivity index (χ3v) is 2.80. The van der Waals surface area contributed by atoms with Gasteiger partial charge in [0, 0.05) is 0 Å². The lowest BCUT2D eigenvalue weighted by Crippen LogP contribution is -2.25. The van der Waals surface area contributed by atoms with Gasteiger partial charge < -0.3 is 10.4 Å². The Hall–Kier alpha value is -2.23. The third kappa shape index (κ3) is 2.87. The third-order valence-electron chi connectivity index (χ3n) is 1.79. The number of rotatable bonds is 5. The molecule has 0 spiro atoms. The molecule has 0 aliphatic carbocycles. The van der Waals surface area contributed by atoms with Crippen molar-refractivity contribution < 1.29 is 19.7 Å². The number of nitrogens with one attached hydrogen (secondary N) is 1. The molecule has 0 saturated carbocycles. The fourth-order valence-corrected chi connectivity index (χ4v) is 1.88. The van der Waals surface area contributed by atoms with E-state index >= 15 is 0 Å². The van der Waals surface area contributed by atoms with Gasteiger partial charge in [0.1, 0.15) is 12.1 Å². The molecule has 17 heavy (non-hydrogen) atoms. The molecule has 1 atom stereocenters. The van der Waals surface area contributed by atoms with E-state index in [1.165, 1.54) is 6.92 Å². The zero-order valence-corrected chi connectivity index (χ0v) is 9.26. The van der Waals surface area contributed by atoms with Gasteiger partial charge in [0.05, 0.1) is 9.85 Å². The minimum atomic E-state index is -1.21. The van der Waals surface area contributed by atoms with E-state index in [0.717, 1.165) is 6.07 Å². The van der Waals surface area contributed by atoms with Gasteiger partial charge in [-0.25, -0.2) is 0 Å². The van der Waals surface area contributed by atoms with Crippen LogP contribution in [-0.2, 0) is 4.79 Å². The van der Waals surface area contributed by atoms with Crippen LogP contribution in [0.2, 0.25) is 0 Å². The molecule has 0 radical (unpaired) electrons. The Kier molecular flexibility index (Phi) is 3.58. The number of carbonyl (C=O) groups is 1. The Morgan fingerprint density at radius 1 is 1.47 bits per heavy atom. The van der Waals surface area contributed by atoms with E-state index in [2.05, 4.69) is 5.32 Å². The molecule has 0 aliphatic heterocycles. The van der Waals surface area contributed by atoms with Crippen molar-refractivity contribution in [2.45, 2.75) is 13.0 Å². The zero-order valence-electron chi connectivity index (χ0n) is 8.45. The Bertz CT molecular complexity index is 484. The van der Waals surface area contributed by atoms with Gasteiger partial charge in [-0.05, 0) is 18.3 Å². The maximum absolute atomic E-state index is 10.6. The highest BCUT2D eigenvalue weighted by molar-refractivity contribution is 7.19. The van der Waals surface area contributed by atoms with Crippen LogP contribution in [0.5, 0.6) is 0 Å². The Labute approximate surface area is 98.0 Å². The minimum Gasteiger partial charge on any atom is -0.480 e. The van der Waals surface area contributed by atoms with Crippen molar-refractivity contribution in [1.29, 1.82) is 0 Å². The summed E-state index contributed by atoms with van der Waals surface area (Å²) in [6.07, 6.45) is 0. The summed E-state index contributed by atoms with van der Waals surface area (Å²) in [6.45, 7) is 1.28. The molecule has 10 heteroatoms. The summed E-state index contributed by atoms with van der Waals surface area (Å²) in [6, 6.07) is -0.284. The van der Waals surface area contributed by atoms with Crippen molar-refractivity contribution in [2.24, 2.45) is 0 Å². The van der Waals surface area contributed by atoms with Crippen LogP contribution < -0.4 is 5.32 Å². The van der Waals surface area contributed by atoms with Gasteiger partial charge in [-0.1, -0.05) is 0 Å². The van der Waals surface area contributed by atoms with Crippen molar-refractivity contribution in [1.82, 2.24) is 0 Å². The number of thiophene rings is 1. The normalized spacial score (nSPS) is 11.8. The van der Waals surface area contributed by atoms with Gasteiger partial charge in [-0.2, -0.15) is 0 Å². The average molecular weight is 261 g/mol. The SMILES string of the molecule is C[C@H](Nc1sc([N+](=O)[O-])cc1[N+](=O)[O-])C(=O)O. The number of aliphatic carboxylic acids is 1. The minimum absolute atomic E-state index is 0.142. The molecule has 1 aromatic heterocycles. The topological polar surface area (TPSA) is 136 Å². The molecule has 2 N–H and O–H groups in total. The quantitative estimate of drug-likeness (QED) is 0.604. The molecule has 9 nitrogen and oxygen atoms in total. The summed E-state index contributed by atoms with van der Waals surface area (Å²) in [5, 5.41) is 31.5. The van der Waals surface area contributed by atoms with E-state index in [0.29, 0.717) is 11.3 Å². The van der Waals surface area contributed by atoms with Crippen LogP contribution in [0.3, 0.4) is 0 Å². The van der Waals surface area contributed by atoms with E-state index in [1.54, 1.807) is 0 Å². The molecule has 0 aromatic carbocycles. The highest BCUT2D eigenvalue weighted by Crippen LogP contribution is 2.39. The molecule has 1 heterocycles. The van der Waals surface area contributed by atoms with E-state index < -0.39 is 32.5 Å². The van der Waals surface area contributed by atoms with Gasteiger partial charge in [0.25, 0.3) is 0 Å². The van der Waals surface area contributed by atoms with Gasteiger partial charge in [0.15, 0.2) is 5.00 Å². The van der Waals surface area contributed by atoms with E-state index in [-0.39, 0.29) is 5.00 Å². The van der Waals surface area contributed by atoms with Crippen LogP contribution in [0.1, 0.15) is 6.92 Å². The molecule has 0 unspecified atom stereocenters. The summed E-state index contributed by atoms with van der Waals surface area (Å²) in [5.41, 5.74) is -0.505. The summed E-state index contributed by atoms with van der Waals surface area (Å²) in [5.74, 6) is -1.21. The molecule has 0 bridgehead atoms. The molecule has 1 aromatic rings. The van der Waals surface area contributed by atoms with Crippen molar-refractivity contribution in [2.75, 3.05) is 5.32 Å². The molecule has 0 amide bonds. The summed E-state index contributed by atoms with van der Waals surface area (Å²) >= 11 is 0.526. The molecular formula is C7H7N3O6S. The van der Waals surface area contributed by atoms with Gasteiger partial charge in [-0.3, -0.25) is 25.0 Å². The van der Waals surface area contributed by atoms with Crippen LogP contribution in [0.4, 0.5) is 15.7 Å². The Balaban J connectivity index is 3.08. The second kappa shape index (κ2) is 4.74. The first-order chi connectivity index (χ1) is 7.82. The second-order valence-corrected chi connectivity index (χ2v) is 4.05. The summed E-state index contributed by atoms with van der Waals surface area (Å²) in [4.78, 5) is 30.1. The largest absolute Gasteiger partial charge is 0.480 e. The lowest BCUT2D eigenvalue weighted by Gasteiger charge is -2.06. The van der Waals surface area contributed by atoms with Crippen LogP contribution >= 0.6 is 11.3 Å². The van der Waals surface area contributed by atoms with Crippen molar-refractivity contribution in [3.63, 3.8) is 0 Å². The standard InChI is InChI=1S/C7H7N3O6S/c1-3(7(11)12)8-6-4(9(13)14)2-5(17-6)10(15)16/h2-3,8H,1H3,(H,11,12)/t3-/m0/s1. The molecule has 1 rings (SSSR count). The first-order valence-electron chi connectivity index (χ1n) is 4.25. The zero-order chi connectivity index (χ0) is 13.2. The lowest BCUT2D eigenvalue weighted by atomic mass is 10.3. The summed E-state index contributed by atoms with van der Waals surface area (Å²) in [7, 11) is 0. The van der Waals surface area contributed by atoms with Gasteiger partial charge in [-0.15, -0.1) is 0 Å². The monoisotopic (exact) mass is 261 g/mol. The molecule has 0 saturated heterocycles. The van der Waals surface area contributed by atoms with Crippen molar-refractivity contribution in [3.05, 3.63) is 26.3 Å². The number of hydrogen-bond donors (Lipinski definition) is 2.